The van der Waals surface area contributed by atoms with Crippen LogP contribution in [0.2, 0.25) is 0 Å². The highest BCUT2D eigenvalue weighted by atomic mass is 32.1. The fourth-order valence-corrected chi connectivity index (χ4v) is 5.14. The summed E-state index contributed by atoms with van der Waals surface area (Å²) in [6.07, 6.45) is 0.808. The zero-order chi connectivity index (χ0) is 24.1. The van der Waals surface area contributed by atoms with Crippen molar-refractivity contribution in [3.05, 3.63) is 82.0 Å². The Bertz CT molecular complexity index is 1130. The lowest BCUT2D eigenvalue weighted by Gasteiger charge is -2.37. The molecule has 0 unspecified atom stereocenters. The molecule has 0 aliphatic carbocycles. The Balaban J connectivity index is 1.53. The molecule has 0 saturated heterocycles. The van der Waals surface area contributed by atoms with Crippen LogP contribution in [0, 0.1) is 0 Å². The van der Waals surface area contributed by atoms with E-state index in [-0.39, 0.29) is 30.4 Å². The molecular formula is C27H30N2O4S. The van der Waals surface area contributed by atoms with E-state index in [0.29, 0.717) is 24.5 Å². The summed E-state index contributed by atoms with van der Waals surface area (Å²) < 4.78 is 11.4. The highest BCUT2D eigenvalue weighted by Gasteiger charge is 2.34. The van der Waals surface area contributed by atoms with E-state index in [1.807, 2.05) is 61.2 Å². The molecule has 0 N–H and O–H groups in total. The van der Waals surface area contributed by atoms with Crippen LogP contribution >= 0.6 is 11.3 Å². The van der Waals surface area contributed by atoms with Crippen LogP contribution in [-0.2, 0) is 11.2 Å². The highest BCUT2D eigenvalue weighted by molar-refractivity contribution is 7.10. The summed E-state index contributed by atoms with van der Waals surface area (Å²) >= 11 is 1.71. The first kappa shape index (κ1) is 23.8. The van der Waals surface area contributed by atoms with Crippen molar-refractivity contribution in [2.45, 2.75) is 32.4 Å². The summed E-state index contributed by atoms with van der Waals surface area (Å²) in [6.45, 7) is 4.83. The molecule has 6 nitrogen and oxygen atoms in total. The van der Waals surface area contributed by atoms with Crippen LogP contribution in [0.5, 0.6) is 11.5 Å². The molecule has 0 fully saturated rings. The van der Waals surface area contributed by atoms with Gasteiger partial charge in [0.2, 0.25) is 5.91 Å². The molecule has 34 heavy (non-hydrogen) atoms. The smallest absolute Gasteiger partial charge is 0.254 e. The maximum absolute atomic E-state index is 13.6. The van der Waals surface area contributed by atoms with Crippen LogP contribution in [0.3, 0.4) is 0 Å². The third-order valence-electron chi connectivity index (χ3n) is 6.07. The Kier molecular flexibility index (Phi) is 7.53. The molecule has 7 heteroatoms. The predicted octanol–water partition coefficient (Wildman–Crippen LogP) is 4.81. The van der Waals surface area contributed by atoms with E-state index in [0.717, 1.165) is 17.7 Å². The highest BCUT2D eigenvalue weighted by Crippen LogP contribution is 2.34. The van der Waals surface area contributed by atoms with Crippen LogP contribution < -0.4 is 9.47 Å². The van der Waals surface area contributed by atoms with E-state index in [9.17, 15) is 9.59 Å². The Morgan fingerprint density at radius 3 is 2.59 bits per heavy atom. The lowest BCUT2D eigenvalue weighted by Crippen LogP contribution is -2.49. The van der Waals surface area contributed by atoms with Gasteiger partial charge in [-0.15, -0.1) is 11.3 Å². The van der Waals surface area contributed by atoms with E-state index in [4.69, 9.17) is 9.47 Å². The maximum atomic E-state index is 13.6. The molecule has 178 valence electrons. The van der Waals surface area contributed by atoms with Crippen molar-refractivity contribution in [3.8, 4) is 11.5 Å². The second-order valence-electron chi connectivity index (χ2n) is 8.53. The SMILES string of the molecule is COc1cccc(OC[C@@H]2c3ccsc3CCN2C(=O)CN(C(=O)c2ccccc2)C(C)C)c1. The lowest BCUT2D eigenvalue weighted by atomic mass is 10.00. The zero-order valence-corrected chi connectivity index (χ0v) is 20.6. The summed E-state index contributed by atoms with van der Waals surface area (Å²) in [7, 11) is 1.62. The van der Waals surface area contributed by atoms with Crippen molar-refractivity contribution in [2.75, 3.05) is 26.8 Å². The molecule has 0 bridgehead atoms. The van der Waals surface area contributed by atoms with E-state index in [2.05, 4.69) is 11.4 Å². The number of hydrogen-bond acceptors (Lipinski definition) is 5. The number of amides is 2. The second kappa shape index (κ2) is 10.7. The van der Waals surface area contributed by atoms with E-state index >= 15 is 0 Å². The monoisotopic (exact) mass is 478 g/mol. The minimum absolute atomic E-state index is 0.0283. The standard InChI is InChI=1S/C27H30N2O4S/c1-19(2)29(27(31)20-8-5-4-6-9-20)17-26(30)28-14-12-25-23(13-15-34-25)24(28)18-33-22-11-7-10-21(16-22)32-3/h4-11,13,15-16,19,24H,12,14,17-18H2,1-3H3/t24-/m1/s1. The van der Waals surface area contributed by atoms with Crippen molar-refractivity contribution in [2.24, 2.45) is 0 Å². The number of ether oxygens (including phenoxy) is 2. The molecule has 0 spiro atoms. The van der Waals surface area contributed by atoms with Gasteiger partial charge in [-0.3, -0.25) is 9.59 Å². The molecule has 0 radical (unpaired) electrons. The lowest BCUT2D eigenvalue weighted by molar-refractivity contribution is -0.136. The normalized spacial score (nSPS) is 15.1. The van der Waals surface area contributed by atoms with Gasteiger partial charge in [-0.25, -0.2) is 0 Å². The van der Waals surface area contributed by atoms with Gasteiger partial charge in [0, 0.05) is 29.1 Å². The zero-order valence-electron chi connectivity index (χ0n) is 19.8. The number of benzene rings is 2. The molecule has 3 aromatic rings. The number of carbonyl (C=O) groups excluding carboxylic acids is 2. The van der Waals surface area contributed by atoms with Crippen LogP contribution in [0.4, 0.5) is 0 Å². The van der Waals surface area contributed by atoms with Gasteiger partial charge in [-0.2, -0.15) is 0 Å². The number of nitrogens with zero attached hydrogens (tertiary/aromatic N) is 2. The third-order valence-corrected chi connectivity index (χ3v) is 7.07. The Labute approximate surface area is 204 Å². The van der Waals surface area contributed by atoms with Crippen LogP contribution in [0.15, 0.2) is 66.0 Å². The molecule has 2 aromatic carbocycles. The van der Waals surface area contributed by atoms with Gasteiger partial charge in [0.15, 0.2) is 0 Å². The fraction of sp³-hybridized carbons (Fsp3) is 0.333. The van der Waals surface area contributed by atoms with Crippen LogP contribution in [-0.4, -0.2) is 54.5 Å². The molecule has 0 saturated carbocycles. The van der Waals surface area contributed by atoms with Crippen LogP contribution in [0.1, 0.15) is 40.7 Å². The number of fused-ring (bicyclic) bond motifs is 1. The first-order valence-corrected chi connectivity index (χ1v) is 12.3. The summed E-state index contributed by atoms with van der Waals surface area (Å²) in [5.74, 6) is 1.20. The molecule has 1 aromatic heterocycles. The largest absolute Gasteiger partial charge is 0.497 e. The summed E-state index contributed by atoms with van der Waals surface area (Å²) in [6, 6.07) is 18.3. The maximum Gasteiger partial charge on any atom is 0.254 e. The van der Waals surface area contributed by atoms with Gasteiger partial charge in [-0.1, -0.05) is 24.3 Å². The van der Waals surface area contributed by atoms with Gasteiger partial charge in [-0.05, 0) is 61.5 Å². The summed E-state index contributed by atoms with van der Waals surface area (Å²) in [5, 5.41) is 2.07. The average molecular weight is 479 g/mol. The molecule has 1 aliphatic heterocycles. The van der Waals surface area contributed by atoms with Gasteiger partial charge >= 0.3 is 0 Å². The van der Waals surface area contributed by atoms with E-state index in [1.165, 1.54) is 4.88 Å². The van der Waals surface area contributed by atoms with Crippen molar-refractivity contribution >= 4 is 23.2 Å². The minimum atomic E-state index is -0.213. The number of hydrogen-bond donors (Lipinski definition) is 0. The van der Waals surface area contributed by atoms with Crippen molar-refractivity contribution in [1.29, 1.82) is 0 Å². The molecule has 2 amide bonds. The first-order chi connectivity index (χ1) is 16.5. The Morgan fingerprint density at radius 1 is 1.09 bits per heavy atom. The quantitative estimate of drug-likeness (QED) is 0.466. The third kappa shape index (κ3) is 5.25. The second-order valence-corrected chi connectivity index (χ2v) is 9.54. The van der Waals surface area contributed by atoms with Gasteiger partial charge < -0.3 is 19.3 Å². The van der Waals surface area contributed by atoms with Gasteiger partial charge in [0.1, 0.15) is 24.7 Å². The average Bonchev–Trinajstić information content (AvgIpc) is 3.35. The Morgan fingerprint density at radius 2 is 1.85 bits per heavy atom. The van der Waals surface area contributed by atoms with Gasteiger partial charge in [0.05, 0.1) is 13.2 Å². The van der Waals surface area contributed by atoms with Crippen molar-refractivity contribution in [1.82, 2.24) is 9.80 Å². The van der Waals surface area contributed by atoms with Crippen molar-refractivity contribution < 1.29 is 19.1 Å². The number of carbonyl (C=O) groups is 2. The van der Waals surface area contributed by atoms with E-state index < -0.39 is 0 Å². The summed E-state index contributed by atoms with van der Waals surface area (Å²) in [4.78, 5) is 31.5. The minimum Gasteiger partial charge on any atom is -0.497 e. The van der Waals surface area contributed by atoms with Gasteiger partial charge in [0.25, 0.3) is 5.91 Å². The first-order valence-electron chi connectivity index (χ1n) is 11.5. The number of thiophene rings is 1. The fourth-order valence-electron chi connectivity index (χ4n) is 4.21. The number of methoxy groups -OCH3 is 1. The molecule has 1 aliphatic rings. The molecule has 1 atom stereocenters. The topological polar surface area (TPSA) is 59.1 Å². The van der Waals surface area contributed by atoms with Crippen LogP contribution in [0.25, 0.3) is 0 Å². The summed E-state index contributed by atoms with van der Waals surface area (Å²) in [5.41, 5.74) is 1.71. The van der Waals surface area contributed by atoms with E-state index in [1.54, 1.807) is 35.5 Å². The van der Waals surface area contributed by atoms with Crippen molar-refractivity contribution in [3.63, 3.8) is 0 Å². The Hall–Kier alpha value is -3.32. The molecule has 2 heterocycles. The number of rotatable bonds is 8. The molecule has 4 rings (SSSR count). The predicted molar refractivity (Wildman–Crippen MR) is 134 cm³/mol. The molecular weight excluding hydrogens is 448 g/mol.